The first-order chi connectivity index (χ1) is 10.7. The first-order valence-corrected chi connectivity index (χ1v) is 8.75. The van der Waals surface area contributed by atoms with E-state index in [-0.39, 0.29) is 0 Å². The van der Waals surface area contributed by atoms with E-state index in [1.165, 1.54) is 20.9 Å². The molecule has 22 heavy (non-hydrogen) atoms. The van der Waals surface area contributed by atoms with Crippen molar-refractivity contribution >= 4 is 46.5 Å². The topological polar surface area (TPSA) is 24.7 Å². The minimum absolute atomic E-state index is 0.944. The van der Waals surface area contributed by atoms with Gasteiger partial charge in [0.15, 0.2) is 0 Å². The Bertz CT molecular complexity index is 738. The summed E-state index contributed by atoms with van der Waals surface area (Å²) in [4.78, 5) is 11.4. The standard InChI is InChI=1S/C18H16N2S2/c1-13-7-9-21-17(13)11-19-15-3-5-16(6-4-15)20-12-18-14(2)8-10-22-18/h3-12H,1-2H3. The van der Waals surface area contributed by atoms with E-state index in [9.17, 15) is 0 Å². The smallest absolute Gasteiger partial charge is 0.0631 e. The Morgan fingerprint density at radius 3 is 1.41 bits per heavy atom. The Balaban J connectivity index is 1.70. The Morgan fingerprint density at radius 1 is 0.682 bits per heavy atom. The minimum atomic E-state index is 0.944. The van der Waals surface area contributed by atoms with Gasteiger partial charge in [0, 0.05) is 22.2 Å². The molecular weight excluding hydrogens is 308 g/mol. The third-order valence-electron chi connectivity index (χ3n) is 3.31. The molecule has 0 aliphatic carbocycles. The Kier molecular flexibility index (Phi) is 4.61. The van der Waals surface area contributed by atoms with Gasteiger partial charge in [0.2, 0.25) is 0 Å². The van der Waals surface area contributed by atoms with Crippen LogP contribution in [0.15, 0.2) is 57.1 Å². The van der Waals surface area contributed by atoms with Crippen molar-refractivity contribution in [3.8, 4) is 0 Å². The van der Waals surface area contributed by atoms with Gasteiger partial charge in [-0.25, -0.2) is 0 Å². The van der Waals surface area contributed by atoms with E-state index in [0.29, 0.717) is 0 Å². The summed E-state index contributed by atoms with van der Waals surface area (Å²) in [6, 6.07) is 12.2. The molecule has 0 fully saturated rings. The molecule has 4 heteroatoms. The second kappa shape index (κ2) is 6.81. The molecule has 110 valence electrons. The van der Waals surface area contributed by atoms with Gasteiger partial charge in [-0.1, -0.05) is 0 Å². The highest BCUT2D eigenvalue weighted by Crippen LogP contribution is 2.21. The molecule has 0 radical (unpaired) electrons. The Morgan fingerprint density at radius 2 is 1.09 bits per heavy atom. The van der Waals surface area contributed by atoms with Crippen LogP contribution in [0.4, 0.5) is 11.4 Å². The summed E-state index contributed by atoms with van der Waals surface area (Å²) in [5.41, 5.74) is 4.42. The van der Waals surface area contributed by atoms with Gasteiger partial charge in [-0.3, -0.25) is 9.98 Å². The summed E-state index contributed by atoms with van der Waals surface area (Å²) in [7, 11) is 0. The highest BCUT2D eigenvalue weighted by Gasteiger charge is 1.97. The lowest BCUT2D eigenvalue weighted by Crippen LogP contribution is -1.78. The molecule has 0 N–H and O–H groups in total. The number of nitrogens with zero attached hydrogens (tertiary/aromatic N) is 2. The van der Waals surface area contributed by atoms with Gasteiger partial charge >= 0.3 is 0 Å². The van der Waals surface area contributed by atoms with Gasteiger partial charge in [-0.15, -0.1) is 22.7 Å². The van der Waals surface area contributed by atoms with Crippen molar-refractivity contribution < 1.29 is 0 Å². The van der Waals surface area contributed by atoms with Gasteiger partial charge in [0.25, 0.3) is 0 Å². The Labute approximate surface area is 138 Å². The first-order valence-electron chi connectivity index (χ1n) is 6.99. The lowest BCUT2D eigenvalue weighted by atomic mass is 10.2. The van der Waals surface area contributed by atoms with E-state index in [2.05, 4.69) is 46.7 Å². The number of benzene rings is 1. The van der Waals surface area contributed by atoms with E-state index in [1.807, 2.05) is 36.7 Å². The van der Waals surface area contributed by atoms with Crippen molar-refractivity contribution in [3.63, 3.8) is 0 Å². The zero-order valence-electron chi connectivity index (χ0n) is 12.5. The molecule has 0 spiro atoms. The molecule has 0 bridgehead atoms. The van der Waals surface area contributed by atoms with Crippen LogP contribution in [-0.2, 0) is 0 Å². The molecule has 2 aromatic heterocycles. The summed E-state index contributed by atoms with van der Waals surface area (Å²) in [6.07, 6.45) is 3.85. The lowest BCUT2D eigenvalue weighted by molar-refractivity contribution is 1.47. The fourth-order valence-corrected chi connectivity index (χ4v) is 3.50. The second-order valence-electron chi connectivity index (χ2n) is 4.97. The van der Waals surface area contributed by atoms with Crippen molar-refractivity contribution in [3.05, 3.63) is 68.0 Å². The molecular formula is C18H16N2S2. The van der Waals surface area contributed by atoms with E-state index in [4.69, 9.17) is 0 Å². The second-order valence-corrected chi connectivity index (χ2v) is 6.86. The lowest BCUT2D eigenvalue weighted by Gasteiger charge is -1.96. The van der Waals surface area contributed by atoms with Crippen LogP contribution in [0.25, 0.3) is 0 Å². The maximum Gasteiger partial charge on any atom is 0.0631 e. The summed E-state index contributed by atoms with van der Waals surface area (Å²) < 4.78 is 0. The van der Waals surface area contributed by atoms with Crippen molar-refractivity contribution in [1.29, 1.82) is 0 Å². The molecule has 0 amide bonds. The molecule has 3 rings (SSSR count). The largest absolute Gasteiger partial charge is 0.255 e. The van der Waals surface area contributed by atoms with Gasteiger partial charge in [0.1, 0.15) is 0 Å². The SMILES string of the molecule is Cc1ccsc1C=Nc1ccc(N=Cc2sccc2C)cc1. The molecule has 0 unspecified atom stereocenters. The van der Waals surface area contributed by atoms with Crippen molar-refractivity contribution in [2.24, 2.45) is 9.98 Å². The molecule has 0 aliphatic heterocycles. The van der Waals surface area contributed by atoms with E-state index in [0.717, 1.165) is 11.4 Å². The number of hydrogen-bond acceptors (Lipinski definition) is 4. The molecule has 0 aliphatic rings. The van der Waals surface area contributed by atoms with Crippen LogP contribution in [0.1, 0.15) is 20.9 Å². The monoisotopic (exact) mass is 324 g/mol. The van der Waals surface area contributed by atoms with Crippen molar-refractivity contribution in [2.45, 2.75) is 13.8 Å². The van der Waals surface area contributed by atoms with Crippen LogP contribution in [0, 0.1) is 13.8 Å². The first kappa shape index (κ1) is 14.9. The normalized spacial score (nSPS) is 11.7. The van der Waals surface area contributed by atoms with Crippen LogP contribution in [-0.4, -0.2) is 12.4 Å². The summed E-state index contributed by atoms with van der Waals surface area (Å²) in [6.45, 7) is 4.20. The minimum Gasteiger partial charge on any atom is -0.255 e. The number of aryl methyl sites for hydroxylation is 2. The summed E-state index contributed by atoms with van der Waals surface area (Å²) in [5, 5.41) is 4.17. The van der Waals surface area contributed by atoms with Crippen molar-refractivity contribution in [2.75, 3.05) is 0 Å². The van der Waals surface area contributed by atoms with E-state index in [1.54, 1.807) is 22.7 Å². The molecule has 3 aromatic rings. The zero-order chi connectivity index (χ0) is 15.4. The van der Waals surface area contributed by atoms with Crippen LogP contribution in [0.3, 0.4) is 0 Å². The summed E-state index contributed by atoms with van der Waals surface area (Å²) >= 11 is 3.42. The number of aliphatic imine (C=N–C) groups is 2. The fourth-order valence-electron chi connectivity index (χ4n) is 1.92. The molecule has 1 aromatic carbocycles. The van der Waals surface area contributed by atoms with E-state index < -0.39 is 0 Å². The zero-order valence-corrected chi connectivity index (χ0v) is 14.1. The molecule has 0 atom stereocenters. The van der Waals surface area contributed by atoms with Crippen LogP contribution >= 0.6 is 22.7 Å². The third-order valence-corrected chi connectivity index (χ3v) is 5.22. The Hall–Kier alpha value is -2.04. The fraction of sp³-hybridized carbons (Fsp3) is 0.111. The maximum absolute atomic E-state index is 4.51. The highest BCUT2D eigenvalue weighted by atomic mass is 32.1. The maximum atomic E-state index is 4.51. The number of rotatable bonds is 4. The van der Waals surface area contributed by atoms with Crippen molar-refractivity contribution in [1.82, 2.24) is 0 Å². The molecule has 2 heterocycles. The third kappa shape index (κ3) is 3.59. The predicted octanol–water partition coefficient (Wildman–Crippen LogP) is 5.93. The van der Waals surface area contributed by atoms with Crippen LogP contribution < -0.4 is 0 Å². The predicted molar refractivity (Wildman–Crippen MR) is 99.1 cm³/mol. The average molecular weight is 324 g/mol. The van der Waals surface area contributed by atoms with E-state index >= 15 is 0 Å². The molecule has 0 saturated carbocycles. The number of hydrogen-bond donors (Lipinski definition) is 0. The van der Waals surface area contributed by atoms with Gasteiger partial charge in [-0.05, 0) is 72.1 Å². The molecule has 0 saturated heterocycles. The quantitative estimate of drug-likeness (QED) is 0.532. The number of thiophene rings is 2. The van der Waals surface area contributed by atoms with Gasteiger partial charge in [-0.2, -0.15) is 0 Å². The average Bonchev–Trinajstić information content (AvgIpc) is 3.12. The van der Waals surface area contributed by atoms with Crippen LogP contribution in [0.5, 0.6) is 0 Å². The molecule has 2 nitrogen and oxygen atoms in total. The van der Waals surface area contributed by atoms with Crippen LogP contribution in [0.2, 0.25) is 0 Å². The highest BCUT2D eigenvalue weighted by molar-refractivity contribution is 7.12. The van der Waals surface area contributed by atoms with Gasteiger partial charge < -0.3 is 0 Å². The summed E-state index contributed by atoms with van der Waals surface area (Å²) in [5.74, 6) is 0. The van der Waals surface area contributed by atoms with Gasteiger partial charge in [0.05, 0.1) is 11.4 Å².